The van der Waals surface area contributed by atoms with Gasteiger partial charge < -0.3 is 16.5 Å². The maximum atomic E-state index is 5.92. The lowest BCUT2D eigenvalue weighted by Crippen LogP contribution is -2.31. The van der Waals surface area contributed by atoms with Crippen molar-refractivity contribution in [3.05, 3.63) is 60.2 Å². The first kappa shape index (κ1) is 14.9. The molecule has 2 aromatic rings. The van der Waals surface area contributed by atoms with Crippen LogP contribution in [0.5, 0.6) is 0 Å². The highest BCUT2D eigenvalue weighted by Crippen LogP contribution is 2.26. The van der Waals surface area contributed by atoms with Gasteiger partial charge in [0.1, 0.15) is 11.5 Å². The molecule has 0 unspecified atom stereocenters. The fraction of sp³-hybridized carbons (Fsp3) is 0.176. The molecule has 1 aromatic carbocycles. The maximum absolute atomic E-state index is 5.92. The summed E-state index contributed by atoms with van der Waals surface area (Å²) in [4.78, 5) is 7.68. The molecule has 0 spiro atoms. The number of benzene rings is 1. The van der Waals surface area contributed by atoms with Crippen LogP contribution in [0, 0.1) is 0 Å². The van der Waals surface area contributed by atoms with Crippen molar-refractivity contribution in [1.82, 2.24) is 9.99 Å². The van der Waals surface area contributed by atoms with E-state index in [1.807, 2.05) is 44.2 Å². The third kappa shape index (κ3) is 2.48. The fourth-order valence-corrected chi connectivity index (χ4v) is 2.65. The summed E-state index contributed by atoms with van der Waals surface area (Å²) < 4.78 is 0. The summed E-state index contributed by atoms with van der Waals surface area (Å²) in [5.41, 5.74) is 15.1. The molecule has 1 aliphatic heterocycles. The molecule has 6 nitrogen and oxygen atoms in total. The van der Waals surface area contributed by atoms with E-state index in [1.54, 1.807) is 5.01 Å². The van der Waals surface area contributed by atoms with Crippen molar-refractivity contribution in [2.24, 2.45) is 21.6 Å². The van der Waals surface area contributed by atoms with Gasteiger partial charge in [-0.2, -0.15) is 5.10 Å². The molecule has 0 fully saturated rings. The van der Waals surface area contributed by atoms with Gasteiger partial charge in [0.2, 0.25) is 0 Å². The van der Waals surface area contributed by atoms with E-state index in [9.17, 15) is 0 Å². The lowest BCUT2D eigenvalue weighted by molar-refractivity contribution is 0.377. The van der Waals surface area contributed by atoms with E-state index in [2.05, 4.69) is 21.7 Å². The van der Waals surface area contributed by atoms with Gasteiger partial charge in [0, 0.05) is 23.1 Å². The Labute approximate surface area is 134 Å². The predicted octanol–water partition coefficient (Wildman–Crippen LogP) is 2.27. The number of amidine groups is 1. The summed E-state index contributed by atoms with van der Waals surface area (Å²) in [5, 5.41) is 7.58. The van der Waals surface area contributed by atoms with Crippen molar-refractivity contribution in [1.29, 1.82) is 0 Å². The molecule has 0 radical (unpaired) electrons. The number of hydrogen-bond donors (Lipinski definition) is 3. The molecule has 2 heterocycles. The number of para-hydroxylation sites is 1. The van der Waals surface area contributed by atoms with Crippen LogP contribution >= 0.6 is 0 Å². The molecule has 0 saturated carbocycles. The Kier molecular flexibility index (Phi) is 3.65. The van der Waals surface area contributed by atoms with Gasteiger partial charge in [-0.15, -0.1) is 0 Å². The van der Waals surface area contributed by atoms with Gasteiger partial charge >= 0.3 is 0 Å². The number of hydrogen-bond acceptors (Lipinski definition) is 4. The third-order valence-corrected chi connectivity index (χ3v) is 3.66. The van der Waals surface area contributed by atoms with Crippen molar-refractivity contribution in [2.45, 2.75) is 19.9 Å². The SMILES string of the molecule is C=C/N=C1\C(=C(N)N)C(c2cc3ccccc3[nH]2)=NN1C(C)C. The largest absolute Gasteiger partial charge is 0.385 e. The molecular weight excluding hydrogens is 288 g/mol. The monoisotopic (exact) mass is 308 g/mol. The minimum Gasteiger partial charge on any atom is -0.385 e. The molecular formula is C17H20N6. The lowest BCUT2D eigenvalue weighted by Gasteiger charge is -2.19. The van der Waals surface area contributed by atoms with Crippen LogP contribution in [0.4, 0.5) is 0 Å². The third-order valence-electron chi connectivity index (χ3n) is 3.66. The average Bonchev–Trinajstić information content (AvgIpc) is 3.08. The quantitative estimate of drug-likeness (QED) is 0.811. The summed E-state index contributed by atoms with van der Waals surface area (Å²) in [6.07, 6.45) is 1.47. The van der Waals surface area contributed by atoms with Gasteiger partial charge in [-0.05, 0) is 26.0 Å². The Balaban J connectivity index is 2.19. The van der Waals surface area contributed by atoms with Gasteiger partial charge in [0.25, 0.3) is 0 Å². The minimum absolute atomic E-state index is 0.116. The number of aliphatic imine (C=N–C) groups is 1. The smallest absolute Gasteiger partial charge is 0.162 e. The summed E-state index contributed by atoms with van der Waals surface area (Å²) in [7, 11) is 0. The van der Waals surface area contributed by atoms with Gasteiger partial charge in [0.15, 0.2) is 5.84 Å². The molecule has 3 rings (SSSR count). The van der Waals surface area contributed by atoms with Crippen LogP contribution in [0.15, 0.2) is 64.6 Å². The van der Waals surface area contributed by atoms with Crippen LogP contribution in [0.1, 0.15) is 19.5 Å². The summed E-state index contributed by atoms with van der Waals surface area (Å²) in [5.74, 6) is 0.801. The lowest BCUT2D eigenvalue weighted by atomic mass is 10.1. The van der Waals surface area contributed by atoms with E-state index in [4.69, 9.17) is 11.5 Å². The molecule has 1 aromatic heterocycles. The number of rotatable bonds is 3. The molecule has 0 bridgehead atoms. The molecule has 1 aliphatic rings. The number of aromatic nitrogens is 1. The Bertz CT molecular complexity index is 816. The molecule has 118 valence electrons. The van der Waals surface area contributed by atoms with Crippen molar-refractivity contribution >= 4 is 22.5 Å². The normalized spacial score (nSPS) is 16.5. The number of nitrogens with one attached hydrogen (secondary N) is 1. The second-order valence-electron chi connectivity index (χ2n) is 5.62. The maximum Gasteiger partial charge on any atom is 0.162 e. The number of hydrazone groups is 1. The van der Waals surface area contributed by atoms with E-state index in [0.29, 0.717) is 17.1 Å². The summed E-state index contributed by atoms with van der Waals surface area (Å²) in [6, 6.07) is 10.2. The molecule has 0 saturated heterocycles. The molecule has 0 aliphatic carbocycles. The number of H-pyrrole nitrogens is 1. The number of nitrogens with two attached hydrogens (primary N) is 2. The van der Waals surface area contributed by atoms with E-state index in [1.165, 1.54) is 6.20 Å². The van der Waals surface area contributed by atoms with Gasteiger partial charge in [-0.1, -0.05) is 24.8 Å². The first-order valence-corrected chi connectivity index (χ1v) is 7.43. The van der Waals surface area contributed by atoms with Crippen molar-refractivity contribution in [3.63, 3.8) is 0 Å². The molecule has 6 heteroatoms. The standard InChI is InChI=1S/C17H20N6/c1-4-20-17-14(16(18)19)15(22-23(17)10(2)3)13-9-11-7-5-6-8-12(11)21-13/h4-10,21H,1,18-19H2,2-3H3/b20-17+. The van der Waals surface area contributed by atoms with E-state index < -0.39 is 0 Å². The van der Waals surface area contributed by atoms with E-state index in [-0.39, 0.29) is 11.9 Å². The highest BCUT2D eigenvalue weighted by molar-refractivity contribution is 6.32. The van der Waals surface area contributed by atoms with Crippen LogP contribution in [0.2, 0.25) is 0 Å². The van der Waals surface area contributed by atoms with E-state index in [0.717, 1.165) is 16.6 Å². The summed E-state index contributed by atoms with van der Waals surface area (Å²) in [6.45, 7) is 7.72. The van der Waals surface area contributed by atoms with E-state index >= 15 is 0 Å². The first-order valence-electron chi connectivity index (χ1n) is 7.43. The van der Waals surface area contributed by atoms with Crippen molar-refractivity contribution < 1.29 is 0 Å². The fourth-order valence-electron chi connectivity index (χ4n) is 2.65. The number of aromatic amines is 1. The summed E-state index contributed by atoms with van der Waals surface area (Å²) >= 11 is 0. The van der Waals surface area contributed by atoms with Crippen LogP contribution in [0.3, 0.4) is 0 Å². The van der Waals surface area contributed by atoms with Crippen LogP contribution in [-0.4, -0.2) is 27.6 Å². The highest BCUT2D eigenvalue weighted by atomic mass is 15.5. The molecule has 23 heavy (non-hydrogen) atoms. The van der Waals surface area contributed by atoms with Crippen molar-refractivity contribution in [3.8, 4) is 0 Å². The van der Waals surface area contributed by atoms with Crippen LogP contribution < -0.4 is 11.5 Å². The van der Waals surface area contributed by atoms with Gasteiger partial charge in [0.05, 0.1) is 11.3 Å². The number of fused-ring (bicyclic) bond motifs is 1. The first-order chi connectivity index (χ1) is 11.0. The van der Waals surface area contributed by atoms with Crippen LogP contribution in [0.25, 0.3) is 10.9 Å². The predicted molar refractivity (Wildman–Crippen MR) is 94.8 cm³/mol. The molecule has 0 atom stereocenters. The average molecular weight is 308 g/mol. The topological polar surface area (TPSA) is 95.8 Å². The van der Waals surface area contributed by atoms with Crippen molar-refractivity contribution in [2.75, 3.05) is 0 Å². The zero-order chi connectivity index (χ0) is 16.6. The zero-order valence-corrected chi connectivity index (χ0v) is 13.2. The second kappa shape index (κ2) is 5.64. The van der Waals surface area contributed by atoms with Crippen LogP contribution in [-0.2, 0) is 0 Å². The Morgan fingerprint density at radius 2 is 2.09 bits per heavy atom. The van der Waals surface area contributed by atoms with Gasteiger partial charge in [-0.3, -0.25) is 0 Å². The molecule has 5 N–H and O–H groups in total. The Morgan fingerprint density at radius 1 is 1.35 bits per heavy atom. The Hall–Kier alpha value is -3.02. The highest BCUT2D eigenvalue weighted by Gasteiger charge is 2.33. The second-order valence-corrected chi connectivity index (χ2v) is 5.62. The zero-order valence-electron chi connectivity index (χ0n) is 13.2. The molecule has 0 amide bonds. The number of nitrogens with zero attached hydrogens (tertiary/aromatic N) is 3. The minimum atomic E-state index is 0.116. The van der Waals surface area contributed by atoms with Gasteiger partial charge in [-0.25, -0.2) is 10.0 Å². The Morgan fingerprint density at radius 3 is 2.70 bits per heavy atom.